The lowest BCUT2D eigenvalue weighted by Crippen LogP contribution is -2.09. The molecule has 0 aliphatic carbocycles. The molecule has 1 aromatic rings. The molecule has 0 fully saturated rings. The molecule has 0 bridgehead atoms. The molecule has 0 saturated carbocycles. The molecule has 1 amide bonds. The number of aliphatic imine (C=N–C) groups is 1. The first-order valence-corrected chi connectivity index (χ1v) is 5.79. The number of nitrogens with two attached hydrogens (primary N) is 1. The minimum Gasteiger partial charge on any atom is -0.378 e. The highest BCUT2D eigenvalue weighted by Crippen LogP contribution is 2.01. The molecular weight excluding hydrogens is 210 g/mol. The Hall–Kier alpha value is -1.36. The van der Waals surface area contributed by atoms with Crippen molar-refractivity contribution in [1.29, 1.82) is 0 Å². The molecule has 0 unspecified atom stereocenters. The molecular formula is C10H15N3OS. The molecule has 4 nitrogen and oxygen atoms in total. The molecule has 0 spiro atoms. The summed E-state index contributed by atoms with van der Waals surface area (Å²) in [6, 6.07) is 3.19. The molecule has 2 N–H and O–H groups in total. The van der Waals surface area contributed by atoms with Crippen molar-refractivity contribution < 1.29 is 4.79 Å². The van der Waals surface area contributed by atoms with Gasteiger partial charge in [-0.05, 0) is 18.4 Å². The minimum absolute atomic E-state index is 0.266. The molecule has 0 saturated heterocycles. The molecule has 5 heteroatoms. The van der Waals surface area contributed by atoms with Crippen LogP contribution in [-0.2, 0) is 0 Å². The Morgan fingerprint density at radius 2 is 1.93 bits per heavy atom. The van der Waals surface area contributed by atoms with Crippen LogP contribution in [0, 0.1) is 0 Å². The van der Waals surface area contributed by atoms with Crippen molar-refractivity contribution in [2.75, 3.05) is 6.26 Å². The second kappa shape index (κ2) is 7.99. The van der Waals surface area contributed by atoms with Gasteiger partial charge in [0.15, 0.2) is 5.17 Å². The molecule has 0 aromatic carbocycles. The number of amidine groups is 1. The van der Waals surface area contributed by atoms with E-state index >= 15 is 0 Å². The molecule has 1 rings (SSSR count). The normalized spacial score (nSPS) is 10.2. The standard InChI is InChI=1S/C8H9N3OS.C2H6/c1-13-8(9)11-7(12)6-2-4-10-5-3-6;1-2/h2-5H,1H3,(H2,9,11,12);1-2H3. The Balaban J connectivity index is 0.000000921. The van der Waals surface area contributed by atoms with Crippen LogP contribution < -0.4 is 5.73 Å². The van der Waals surface area contributed by atoms with Crippen LogP contribution in [0.2, 0.25) is 0 Å². The highest BCUT2D eigenvalue weighted by Gasteiger charge is 2.02. The van der Waals surface area contributed by atoms with Gasteiger partial charge >= 0.3 is 0 Å². The number of hydrogen-bond donors (Lipinski definition) is 1. The second-order valence-electron chi connectivity index (χ2n) is 2.20. The summed E-state index contributed by atoms with van der Waals surface area (Å²) in [5.41, 5.74) is 5.88. The summed E-state index contributed by atoms with van der Waals surface area (Å²) in [6.07, 6.45) is 4.84. The number of rotatable bonds is 1. The van der Waals surface area contributed by atoms with Crippen molar-refractivity contribution >= 4 is 22.8 Å². The molecule has 0 aliphatic heterocycles. The maximum absolute atomic E-state index is 11.3. The number of aromatic nitrogens is 1. The molecule has 0 aliphatic rings. The van der Waals surface area contributed by atoms with E-state index < -0.39 is 0 Å². The van der Waals surface area contributed by atoms with Gasteiger partial charge in [-0.25, -0.2) is 0 Å². The van der Waals surface area contributed by atoms with Gasteiger partial charge in [0.2, 0.25) is 0 Å². The van der Waals surface area contributed by atoms with E-state index in [9.17, 15) is 4.79 Å². The first kappa shape index (κ1) is 13.6. The lowest BCUT2D eigenvalue weighted by atomic mass is 10.3. The topological polar surface area (TPSA) is 68.3 Å². The van der Waals surface area contributed by atoms with Crippen LogP contribution in [0.1, 0.15) is 24.2 Å². The molecule has 1 heterocycles. The number of thioether (sulfide) groups is 1. The van der Waals surface area contributed by atoms with Crippen molar-refractivity contribution in [2.45, 2.75) is 13.8 Å². The summed E-state index contributed by atoms with van der Waals surface area (Å²) in [5, 5.41) is 0.266. The highest BCUT2D eigenvalue weighted by molar-refractivity contribution is 8.13. The van der Waals surface area contributed by atoms with Gasteiger partial charge in [0, 0.05) is 18.0 Å². The smallest absolute Gasteiger partial charge is 0.279 e. The van der Waals surface area contributed by atoms with Gasteiger partial charge in [0.25, 0.3) is 5.91 Å². The predicted molar refractivity (Wildman–Crippen MR) is 65.1 cm³/mol. The summed E-state index contributed by atoms with van der Waals surface area (Å²) in [7, 11) is 0. The summed E-state index contributed by atoms with van der Waals surface area (Å²) in [4.78, 5) is 18.8. The first-order chi connectivity index (χ1) is 7.24. The van der Waals surface area contributed by atoms with Crippen molar-refractivity contribution in [2.24, 2.45) is 10.7 Å². The van der Waals surface area contributed by atoms with Crippen molar-refractivity contribution in [1.82, 2.24) is 4.98 Å². The molecule has 0 atom stereocenters. The predicted octanol–water partition coefficient (Wildman–Crippen LogP) is 1.93. The van der Waals surface area contributed by atoms with Gasteiger partial charge in [-0.15, -0.1) is 0 Å². The Bertz CT molecular complexity index is 325. The zero-order chi connectivity index (χ0) is 11.7. The molecule has 15 heavy (non-hydrogen) atoms. The summed E-state index contributed by atoms with van der Waals surface area (Å²) < 4.78 is 0. The van der Waals surface area contributed by atoms with E-state index in [1.807, 2.05) is 13.8 Å². The Morgan fingerprint density at radius 3 is 2.40 bits per heavy atom. The van der Waals surface area contributed by atoms with Crippen molar-refractivity contribution in [3.63, 3.8) is 0 Å². The number of nitrogens with zero attached hydrogens (tertiary/aromatic N) is 2. The SMILES string of the molecule is CC.CSC(N)=NC(=O)c1ccncc1. The van der Waals surface area contributed by atoms with Gasteiger partial charge in [-0.3, -0.25) is 9.78 Å². The monoisotopic (exact) mass is 225 g/mol. The van der Waals surface area contributed by atoms with E-state index in [0.29, 0.717) is 5.56 Å². The van der Waals surface area contributed by atoms with Crippen molar-refractivity contribution in [3.8, 4) is 0 Å². The number of carbonyl (C=O) groups is 1. The first-order valence-electron chi connectivity index (χ1n) is 4.56. The Morgan fingerprint density at radius 1 is 1.40 bits per heavy atom. The van der Waals surface area contributed by atoms with E-state index in [4.69, 9.17) is 5.73 Å². The van der Waals surface area contributed by atoms with Crippen LogP contribution in [-0.4, -0.2) is 22.3 Å². The summed E-state index contributed by atoms with van der Waals surface area (Å²) in [6.45, 7) is 4.00. The molecule has 1 aromatic heterocycles. The lowest BCUT2D eigenvalue weighted by Gasteiger charge is -1.95. The maximum atomic E-state index is 11.3. The van der Waals surface area contributed by atoms with Crippen LogP contribution in [0.4, 0.5) is 0 Å². The van der Waals surface area contributed by atoms with Crippen molar-refractivity contribution in [3.05, 3.63) is 30.1 Å². The maximum Gasteiger partial charge on any atom is 0.279 e. The largest absolute Gasteiger partial charge is 0.378 e. The van der Waals surface area contributed by atoms with E-state index in [-0.39, 0.29) is 11.1 Å². The Kier molecular flexibility index (Phi) is 7.27. The van der Waals surface area contributed by atoms with E-state index in [0.717, 1.165) is 0 Å². The number of carbonyl (C=O) groups excluding carboxylic acids is 1. The fourth-order valence-corrected chi connectivity index (χ4v) is 0.879. The van der Waals surface area contributed by atoms with Crippen LogP contribution in [0.25, 0.3) is 0 Å². The number of hydrogen-bond acceptors (Lipinski definition) is 3. The van der Waals surface area contributed by atoms with E-state index in [1.54, 1.807) is 18.4 Å². The zero-order valence-electron chi connectivity index (χ0n) is 9.10. The number of amides is 1. The van der Waals surface area contributed by atoms with Gasteiger partial charge in [0.1, 0.15) is 0 Å². The van der Waals surface area contributed by atoms with E-state index in [2.05, 4.69) is 9.98 Å². The zero-order valence-corrected chi connectivity index (χ0v) is 9.91. The minimum atomic E-state index is -0.339. The van der Waals surface area contributed by atoms with Crippen LogP contribution in [0.3, 0.4) is 0 Å². The second-order valence-corrected chi connectivity index (χ2v) is 3.02. The number of pyridine rings is 1. The molecule has 0 radical (unpaired) electrons. The average Bonchev–Trinajstić information content (AvgIpc) is 2.32. The highest BCUT2D eigenvalue weighted by atomic mass is 32.2. The van der Waals surface area contributed by atoms with Gasteiger partial charge in [-0.1, -0.05) is 25.6 Å². The fourth-order valence-electron chi connectivity index (χ4n) is 0.705. The van der Waals surface area contributed by atoms with Crippen LogP contribution >= 0.6 is 11.8 Å². The third-order valence-electron chi connectivity index (χ3n) is 1.35. The lowest BCUT2D eigenvalue weighted by molar-refractivity contribution is 0.100. The fraction of sp³-hybridized carbons (Fsp3) is 0.300. The van der Waals surface area contributed by atoms with E-state index in [1.165, 1.54) is 24.2 Å². The van der Waals surface area contributed by atoms with Crippen LogP contribution in [0.5, 0.6) is 0 Å². The van der Waals surface area contributed by atoms with Gasteiger partial charge < -0.3 is 5.73 Å². The van der Waals surface area contributed by atoms with Gasteiger partial charge in [0.05, 0.1) is 0 Å². The Labute approximate surface area is 94.0 Å². The third kappa shape index (κ3) is 5.17. The van der Waals surface area contributed by atoms with Gasteiger partial charge in [-0.2, -0.15) is 4.99 Å². The molecule has 82 valence electrons. The quantitative estimate of drug-likeness (QED) is 0.585. The summed E-state index contributed by atoms with van der Waals surface area (Å²) in [5.74, 6) is -0.339. The van der Waals surface area contributed by atoms with Crippen LogP contribution in [0.15, 0.2) is 29.5 Å². The summed E-state index contributed by atoms with van der Waals surface area (Å²) >= 11 is 1.24. The average molecular weight is 225 g/mol. The third-order valence-corrected chi connectivity index (χ3v) is 1.86.